The first-order chi connectivity index (χ1) is 29.8. The molecule has 0 spiro atoms. The maximum absolute atomic E-state index is 12.7. The Labute approximate surface area is 374 Å². The Morgan fingerprint density at radius 2 is 1.18 bits per heavy atom. The zero-order chi connectivity index (χ0) is 46.0. The van der Waals surface area contributed by atoms with Gasteiger partial charge in [-0.25, -0.2) is 4.57 Å². The van der Waals surface area contributed by atoms with E-state index in [1.807, 2.05) is 69.8 Å². The number of aliphatic hydroxyl groups is 2. The van der Waals surface area contributed by atoms with Crippen molar-refractivity contribution in [2.24, 2.45) is 0 Å². The zero-order valence-corrected chi connectivity index (χ0v) is 39.4. The molecule has 0 radical (unpaired) electrons. The molecule has 350 valence electrons. The molecular weight excluding hydrogens is 806 g/mol. The van der Waals surface area contributed by atoms with Gasteiger partial charge < -0.3 is 29.1 Å². The first-order valence-corrected chi connectivity index (χ1v) is 24.0. The molecule has 62 heavy (non-hydrogen) atoms. The minimum absolute atomic E-state index is 0.0192. The van der Waals surface area contributed by atoms with Crippen LogP contribution in [0.5, 0.6) is 0 Å². The second-order valence-electron chi connectivity index (χ2n) is 15.7. The van der Waals surface area contributed by atoms with Crippen molar-refractivity contribution in [3.05, 3.63) is 122 Å². The summed E-state index contributed by atoms with van der Waals surface area (Å²) in [5.41, 5.74) is 0. The quantitative estimate of drug-likeness (QED) is 0.0137. The predicted molar refractivity (Wildman–Crippen MR) is 254 cm³/mol. The summed E-state index contributed by atoms with van der Waals surface area (Å²) < 4.78 is 34.1. The van der Waals surface area contributed by atoms with Crippen molar-refractivity contribution in [1.82, 2.24) is 0 Å². The van der Waals surface area contributed by atoms with Crippen LogP contribution in [0, 0.1) is 0 Å². The molecule has 0 aromatic heterocycles. The molecule has 0 bridgehead atoms. The Kier molecular flexibility index (Phi) is 37.8. The highest BCUT2D eigenvalue weighted by molar-refractivity contribution is 7.47. The van der Waals surface area contributed by atoms with Gasteiger partial charge in [-0.2, -0.15) is 0 Å². The van der Waals surface area contributed by atoms with Crippen LogP contribution in [0.25, 0.3) is 0 Å². The standard InChI is InChI=1S/C50H80NO10P/c1-6-8-10-11-12-13-14-15-16-17-18-19-20-21-25-28-34-41-50(55)61-48(45-60-62(56,57)59-43-42-51(3,4)5)44-58-49(54)40-35-29-33-39-47(53)38-32-27-24-22-23-26-31-37-46(52)36-30-9-7-2/h9,12-13,15-16,18-19,21,23-27,30-33,37-39,46-48,52-53H,6-8,10-11,14,17,20,22,28-29,34-36,40-45H2,1-5H3/p+1/b13-12-,16-15-,19-18-,25-21-,26-23-,27-24-,30-9-,37-31+,38-32+,39-33-/t46-,47-,48-/m1/s1. The number of phosphoric acid groups is 1. The number of allylic oxidation sites excluding steroid dienone is 16. The Hall–Kier alpha value is -3.67. The maximum Gasteiger partial charge on any atom is 0.472 e. The molecule has 0 saturated carbocycles. The highest BCUT2D eigenvalue weighted by Crippen LogP contribution is 2.43. The van der Waals surface area contributed by atoms with E-state index < -0.39 is 44.7 Å². The van der Waals surface area contributed by atoms with Crippen molar-refractivity contribution in [2.75, 3.05) is 47.5 Å². The third kappa shape index (κ3) is 43.0. The first kappa shape index (κ1) is 58.3. The molecule has 0 fully saturated rings. The number of hydrogen-bond donors (Lipinski definition) is 3. The molecule has 0 aromatic carbocycles. The molecule has 4 atom stereocenters. The number of esters is 2. The minimum atomic E-state index is -4.45. The molecule has 0 rings (SSSR count). The van der Waals surface area contributed by atoms with Crippen molar-refractivity contribution in [3.8, 4) is 0 Å². The smallest absolute Gasteiger partial charge is 0.462 e. The van der Waals surface area contributed by atoms with Gasteiger partial charge in [0.1, 0.15) is 19.8 Å². The van der Waals surface area contributed by atoms with Gasteiger partial charge in [0.05, 0.1) is 40.0 Å². The van der Waals surface area contributed by atoms with E-state index in [1.54, 1.807) is 30.4 Å². The number of nitrogens with zero attached hydrogens (tertiary/aromatic N) is 1. The number of quaternary nitrogens is 1. The Bertz CT molecular complexity index is 1500. The van der Waals surface area contributed by atoms with E-state index in [-0.39, 0.29) is 26.1 Å². The van der Waals surface area contributed by atoms with Gasteiger partial charge in [0.2, 0.25) is 0 Å². The number of ether oxygens (including phenoxy) is 2. The van der Waals surface area contributed by atoms with Gasteiger partial charge in [0.25, 0.3) is 0 Å². The molecule has 11 nitrogen and oxygen atoms in total. The average molecular weight is 887 g/mol. The number of rotatable bonds is 38. The van der Waals surface area contributed by atoms with Crippen LogP contribution in [0.4, 0.5) is 0 Å². The molecule has 0 aliphatic heterocycles. The van der Waals surface area contributed by atoms with Crippen molar-refractivity contribution in [1.29, 1.82) is 0 Å². The summed E-state index contributed by atoms with van der Waals surface area (Å²) in [7, 11) is 1.30. The van der Waals surface area contributed by atoms with E-state index in [1.165, 1.54) is 19.3 Å². The topological polar surface area (TPSA) is 149 Å². The lowest BCUT2D eigenvalue weighted by Crippen LogP contribution is -2.37. The Morgan fingerprint density at radius 1 is 0.613 bits per heavy atom. The minimum Gasteiger partial charge on any atom is -0.462 e. The molecule has 0 aliphatic carbocycles. The Morgan fingerprint density at radius 3 is 1.79 bits per heavy atom. The fourth-order valence-electron chi connectivity index (χ4n) is 5.10. The van der Waals surface area contributed by atoms with Crippen LogP contribution in [-0.2, 0) is 32.7 Å². The highest BCUT2D eigenvalue weighted by atomic mass is 31.2. The van der Waals surface area contributed by atoms with E-state index in [2.05, 4.69) is 56.4 Å². The van der Waals surface area contributed by atoms with Gasteiger partial charge >= 0.3 is 19.8 Å². The van der Waals surface area contributed by atoms with Crippen LogP contribution in [0.2, 0.25) is 0 Å². The van der Waals surface area contributed by atoms with E-state index in [4.69, 9.17) is 18.5 Å². The van der Waals surface area contributed by atoms with Crippen molar-refractivity contribution < 1.29 is 52.3 Å². The number of carbonyl (C=O) groups is 2. The van der Waals surface area contributed by atoms with Crippen molar-refractivity contribution in [3.63, 3.8) is 0 Å². The molecule has 0 aromatic rings. The zero-order valence-electron chi connectivity index (χ0n) is 38.5. The van der Waals surface area contributed by atoms with E-state index in [9.17, 15) is 29.3 Å². The monoisotopic (exact) mass is 887 g/mol. The van der Waals surface area contributed by atoms with Crippen LogP contribution in [0.3, 0.4) is 0 Å². The number of phosphoric ester groups is 1. The summed E-state index contributed by atoms with van der Waals surface area (Å²) in [6, 6.07) is 0. The van der Waals surface area contributed by atoms with Crippen LogP contribution < -0.4 is 0 Å². The molecule has 0 heterocycles. The molecule has 1 unspecified atom stereocenters. The second-order valence-corrected chi connectivity index (χ2v) is 17.2. The third-order valence-electron chi connectivity index (χ3n) is 8.65. The summed E-state index contributed by atoms with van der Waals surface area (Å²) >= 11 is 0. The van der Waals surface area contributed by atoms with Gasteiger partial charge in [-0.05, 0) is 77.0 Å². The summed E-state index contributed by atoms with van der Waals surface area (Å²) in [5.74, 6) is -1.06. The summed E-state index contributed by atoms with van der Waals surface area (Å²) in [6.07, 6.45) is 49.1. The number of aliphatic hydroxyl groups excluding tert-OH is 2. The Balaban J connectivity index is 4.71. The molecule has 3 N–H and O–H groups in total. The van der Waals surface area contributed by atoms with Crippen LogP contribution in [0.1, 0.15) is 117 Å². The summed E-state index contributed by atoms with van der Waals surface area (Å²) in [4.78, 5) is 35.4. The van der Waals surface area contributed by atoms with E-state index >= 15 is 0 Å². The van der Waals surface area contributed by atoms with Crippen LogP contribution >= 0.6 is 7.82 Å². The van der Waals surface area contributed by atoms with Crippen LogP contribution in [-0.4, -0.2) is 97.3 Å². The lowest BCUT2D eigenvalue weighted by molar-refractivity contribution is -0.870. The van der Waals surface area contributed by atoms with E-state index in [0.29, 0.717) is 49.6 Å². The van der Waals surface area contributed by atoms with Gasteiger partial charge in [0, 0.05) is 12.8 Å². The largest absolute Gasteiger partial charge is 0.472 e. The third-order valence-corrected chi connectivity index (χ3v) is 9.63. The molecule has 12 heteroatoms. The number of likely N-dealkylation sites (N-methyl/N-ethyl adjacent to an activating group) is 1. The van der Waals surface area contributed by atoms with Gasteiger partial charge in [-0.15, -0.1) is 0 Å². The molecular formula is C50H81NO10P+. The number of carbonyl (C=O) groups excluding carboxylic acids is 2. The second kappa shape index (κ2) is 40.1. The van der Waals surface area contributed by atoms with Crippen LogP contribution in [0.15, 0.2) is 122 Å². The maximum atomic E-state index is 12.7. The average Bonchev–Trinajstić information content (AvgIpc) is 3.21. The summed E-state index contributed by atoms with van der Waals surface area (Å²) in [5, 5.41) is 20.0. The lowest BCUT2D eigenvalue weighted by Gasteiger charge is -2.24. The fourth-order valence-corrected chi connectivity index (χ4v) is 5.84. The number of unbranched alkanes of at least 4 members (excludes halogenated alkanes) is 5. The van der Waals surface area contributed by atoms with Crippen molar-refractivity contribution >= 4 is 19.8 Å². The molecule has 0 aliphatic rings. The predicted octanol–water partition coefficient (Wildman–Crippen LogP) is 10.8. The van der Waals surface area contributed by atoms with Crippen molar-refractivity contribution in [2.45, 2.75) is 135 Å². The highest BCUT2D eigenvalue weighted by Gasteiger charge is 2.27. The normalized spacial score (nSPS) is 15.7. The van der Waals surface area contributed by atoms with E-state index in [0.717, 1.165) is 32.1 Å². The van der Waals surface area contributed by atoms with Gasteiger partial charge in [-0.3, -0.25) is 18.6 Å². The first-order valence-electron chi connectivity index (χ1n) is 22.5. The van der Waals surface area contributed by atoms with Gasteiger partial charge in [0.15, 0.2) is 6.10 Å². The summed E-state index contributed by atoms with van der Waals surface area (Å²) in [6.45, 7) is 3.88. The fraction of sp³-hybridized carbons (Fsp3) is 0.560. The number of hydrogen-bond acceptors (Lipinski definition) is 9. The lowest BCUT2D eigenvalue weighted by atomic mass is 10.2. The van der Waals surface area contributed by atoms with Gasteiger partial charge in [-0.1, -0.05) is 148 Å². The molecule has 0 amide bonds. The SMILES string of the molecule is CC/C=C\C[C@@H](O)/C=C/C=C\C/C=C\C=C\[C@@H](O)/C=C\CCCC(=O)OC[C@H](COP(=O)(O)OCC[N+](C)(C)C)OC(=O)CCC/C=C\C/C=C\C/C=C\C/C=C\CCCCC. The molecule has 0 saturated heterocycles.